The van der Waals surface area contributed by atoms with Crippen LogP contribution in [0.15, 0.2) is 24.3 Å². The zero-order chi connectivity index (χ0) is 15.5. The number of nitrogens with zero attached hydrogens (tertiary/aromatic N) is 2. The quantitative estimate of drug-likeness (QED) is 0.868. The second-order valence-corrected chi connectivity index (χ2v) is 6.74. The number of ether oxygens (including phenoxy) is 2. The Hall–Kier alpha value is -1.50. The first-order valence-electron chi connectivity index (χ1n) is 7.47. The summed E-state index contributed by atoms with van der Waals surface area (Å²) in [4.78, 5) is 18.5. The topological polar surface area (TPSA) is 51.7 Å². The number of fused-ring (bicyclic) bond motifs is 1. The number of amides is 1. The van der Waals surface area contributed by atoms with Gasteiger partial charge in [-0.2, -0.15) is 0 Å². The third kappa shape index (κ3) is 3.63. The van der Waals surface area contributed by atoms with Crippen LogP contribution in [0, 0.1) is 0 Å². The van der Waals surface area contributed by atoms with E-state index < -0.39 is 0 Å². The van der Waals surface area contributed by atoms with Gasteiger partial charge in [0.15, 0.2) is 0 Å². The smallest absolute Gasteiger partial charge is 0.248 e. The van der Waals surface area contributed by atoms with E-state index in [2.05, 4.69) is 4.98 Å². The number of para-hydroxylation sites is 1. The molecule has 1 amide bonds. The van der Waals surface area contributed by atoms with E-state index in [9.17, 15) is 4.79 Å². The molecule has 1 fully saturated rings. The molecule has 1 aromatic carbocycles. The molecule has 1 aromatic heterocycles. The molecule has 1 saturated heterocycles. The van der Waals surface area contributed by atoms with Crippen LogP contribution in [-0.4, -0.2) is 47.7 Å². The van der Waals surface area contributed by atoms with Gasteiger partial charge in [0.25, 0.3) is 0 Å². The van der Waals surface area contributed by atoms with Gasteiger partial charge in [0.05, 0.1) is 29.0 Å². The molecular weight excluding hydrogens is 300 g/mol. The molecular formula is C16H20N2O3S. The fraction of sp³-hybridized carbons (Fsp3) is 0.500. The predicted octanol–water partition coefficient (Wildman–Crippen LogP) is 2.45. The number of benzene rings is 1. The van der Waals surface area contributed by atoms with Gasteiger partial charge in [-0.3, -0.25) is 4.79 Å². The summed E-state index contributed by atoms with van der Waals surface area (Å²) in [5.74, 6) is 0.0168. The standard InChI is InChI=1S/C16H20N2O3S/c1-11-7-18(8-12(2)21-11)16(19)10-20-9-15-17-13-5-3-4-6-14(13)22-15/h3-6,11-12H,7-10H2,1-2H3/t11-,12-/m0/s1. The molecule has 2 atom stereocenters. The highest BCUT2D eigenvalue weighted by Crippen LogP contribution is 2.22. The molecule has 2 aromatic rings. The van der Waals surface area contributed by atoms with E-state index in [1.165, 1.54) is 0 Å². The SMILES string of the molecule is C[C@H]1CN(C(=O)COCc2nc3ccccc3s2)C[C@H](C)O1. The van der Waals surface area contributed by atoms with Gasteiger partial charge in [-0.05, 0) is 26.0 Å². The number of hydrogen-bond acceptors (Lipinski definition) is 5. The number of carbonyl (C=O) groups excluding carboxylic acids is 1. The molecule has 0 spiro atoms. The normalized spacial score (nSPS) is 22.2. The van der Waals surface area contributed by atoms with Crippen molar-refractivity contribution in [1.29, 1.82) is 0 Å². The van der Waals surface area contributed by atoms with Crippen LogP contribution in [0.2, 0.25) is 0 Å². The Labute approximate surface area is 133 Å². The van der Waals surface area contributed by atoms with Gasteiger partial charge in [0.1, 0.15) is 11.6 Å². The first-order chi connectivity index (χ1) is 10.6. The van der Waals surface area contributed by atoms with Crippen LogP contribution in [0.3, 0.4) is 0 Å². The fourth-order valence-corrected chi connectivity index (χ4v) is 3.59. The number of carbonyl (C=O) groups is 1. The van der Waals surface area contributed by atoms with Gasteiger partial charge in [-0.15, -0.1) is 11.3 Å². The molecule has 118 valence electrons. The van der Waals surface area contributed by atoms with E-state index >= 15 is 0 Å². The van der Waals surface area contributed by atoms with Crippen LogP contribution in [0.1, 0.15) is 18.9 Å². The zero-order valence-electron chi connectivity index (χ0n) is 12.8. The van der Waals surface area contributed by atoms with Crippen molar-refractivity contribution in [2.45, 2.75) is 32.7 Å². The van der Waals surface area contributed by atoms with E-state index in [1.54, 1.807) is 11.3 Å². The maximum Gasteiger partial charge on any atom is 0.248 e. The molecule has 1 aliphatic rings. The van der Waals surface area contributed by atoms with Crippen molar-refractivity contribution in [2.75, 3.05) is 19.7 Å². The minimum atomic E-state index is 0.0168. The summed E-state index contributed by atoms with van der Waals surface area (Å²) in [5.41, 5.74) is 0.980. The maximum atomic E-state index is 12.2. The minimum absolute atomic E-state index is 0.0168. The molecule has 1 aliphatic heterocycles. The number of aromatic nitrogens is 1. The van der Waals surface area contributed by atoms with Crippen LogP contribution < -0.4 is 0 Å². The van der Waals surface area contributed by atoms with E-state index in [1.807, 2.05) is 43.0 Å². The second-order valence-electron chi connectivity index (χ2n) is 5.62. The lowest BCUT2D eigenvalue weighted by molar-refractivity contribution is -0.148. The molecule has 6 heteroatoms. The van der Waals surface area contributed by atoms with Crippen LogP contribution >= 0.6 is 11.3 Å². The van der Waals surface area contributed by atoms with E-state index in [-0.39, 0.29) is 24.7 Å². The zero-order valence-corrected chi connectivity index (χ0v) is 13.6. The predicted molar refractivity (Wildman–Crippen MR) is 85.9 cm³/mol. The average Bonchev–Trinajstić information content (AvgIpc) is 2.88. The van der Waals surface area contributed by atoms with E-state index in [4.69, 9.17) is 9.47 Å². The van der Waals surface area contributed by atoms with Gasteiger partial charge < -0.3 is 14.4 Å². The molecule has 5 nitrogen and oxygen atoms in total. The molecule has 0 radical (unpaired) electrons. The lowest BCUT2D eigenvalue weighted by Crippen LogP contribution is -2.49. The second kappa shape index (κ2) is 6.73. The Morgan fingerprint density at radius 3 is 2.82 bits per heavy atom. The summed E-state index contributed by atoms with van der Waals surface area (Å²) in [6.07, 6.45) is 0.161. The molecule has 0 bridgehead atoms. The molecule has 2 heterocycles. The largest absolute Gasteiger partial charge is 0.372 e. The van der Waals surface area contributed by atoms with E-state index in [0.717, 1.165) is 15.2 Å². The van der Waals surface area contributed by atoms with Gasteiger partial charge in [0.2, 0.25) is 5.91 Å². The van der Waals surface area contributed by atoms with Crippen molar-refractivity contribution < 1.29 is 14.3 Å². The van der Waals surface area contributed by atoms with Crippen molar-refractivity contribution >= 4 is 27.5 Å². The molecule has 0 N–H and O–H groups in total. The van der Waals surface area contributed by atoms with Gasteiger partial charge >= 0.3 is 0 Å². The highest BCUT2D eigenvalue weighted by atomic mass is 32.1. The van der Waals surface area contributed by atoms with Crippen molar-refractivity contribution in [3.63, 3.8) is 0 Å². The Bertz CT molecular complexity index is 615. The molecule has 3 rings (SSSR count). The molecule has 0 aliphatic carbocycles. The highest BCUT2D eigenvalue weighted by Gasteiger charge is 2.25. The summed E-state index contributed by atoms with van der Waals surface area (Å²) in [5, 5.41) is 0.901. The first-order valence-corrected chi connectivity index (χ1v) is 8.29. The van der Waals surface area contributed by atoms with Crippen molar-refractivity contribution in [3.8, 4) is 0 Å². The van der Waals surface area contributed by atoms with Gasteiger partial charge in [-0.25, -0.2) is 4.98 Å². The van der Waals surface area contributed by atoms with E-state index in [0.29, 0.717) is 19.7 Å². The third-order valence-electron chi connectivity index (χ3n) is 3.56. The fourth-order valence-electron chi connectivity index (χ4n) is 2.68. The van der Waals surface area contributed by atoms with Crippen LogP contribution in [0.5, 0.6) is 0 Å². The van der Waals surface area contributed by atoms with Crippen molar-refractivity contribution in [2.24, 2.45) is 0 Å². The third-order valence-corrected chi connectivity index (χ3v) is 4.57. The Morgan fingerprint density at radius 1 is 1.36 bits per heavy atom. The minimum Gasteiger partial charge on any atom is -0.372 e. The summed E-state index contributed by atoms with van der Waals surface area (Å²) in [7, 11) is 0. The Morgan fingerprint density at radius 2 is 2.09 bits per heavy atom. The van der Waals surface area contributed by atoms with Crippen molar-refractivity contribution in [3.05, 3.63) is 29.3 Å². The maximum absolute atomic E-state index is 12.2. The summed E-state index contributed by atoms with van der Waals surface area (Å²) < 4.78 is 12.3. The Balaban J connectivity index is 1.51. The summed E-state index contributed by atoms with van der Waals surface area (Å²) in [6.45, 7) is 5.70. The number of hydrogen-bond donors (Lipinski definition) is 0. The van der Waals surface area contributed by atoms with Crippen LogP contribution in [0.25, 0.3) is 10.2 Å². The Kier molecular flexibility index (Phi) is 4.71. The number of morpholine rings is 1. The number of rotatable bonds is 4. The lowest BCUT2D eigenvalue weighted by Gasteiger charge is -2.35. The first kappa shape index (κ1) is 15.4. The molecule has 0 saturated carbocycles. The molecule has 0 unspecified atom stereocenters. The monoisotopic (exact) mass is 320 g/mol. The highest BCUT2D eigenvalue weighted by molar-refractivity contribution is 7.18. The number of thiazole rings is 1. The van der Waals surface area contributed by atoms with Crippen LogP contribution in [0.4, 0.5) is 0 Å². The van der Waals surface area contributed by atoms with Crippen molar-refractivity contribution in [1.82, 2.24) is 9.88 Å². The molecule has 22 heavy (non-hydrogen) atoms. The summed E-state index contributed by atoms with van der Waals surface area (Å²) in [6, 6.07) is 7.99. The van der Waals surface area contributed by atoms with Gasteiger partial charge in [-0.1, -0.05) is 12.1 Å². The lowest BCUT2D eigenvalue weighted by atomic mass is 10.2. The van der Waals surface area contributed by atoms with Gasteiger partial charge in [0, 0.05) is 13.1 Å². The van der Waals surface area contributed by atoms with Crippen LogP contribution in [-0.2, 0) is 20.9 Å². The summed E-state index contributed by atoms with van der Waals surface area (Å²) >= 11 is 1.60. The average molecular weight is 320 g/mol.